The van der Waals surface area contributed by atoms with Crippen LogP contribution >= 0.6 is 21.6 Å². The molecule has 2 heterocycles. The summed E-state index contributed by atoms with van der Waals surface area (Å²) >= 11 is 0. The first kappa shape index (κ1) is 20.0. The molecule has 3 aromatic rings. The van der Waals surface area contributed by atoms with Crippen LogP contribution in [-0.2, 0) is 23.2 Å². The van der Waals surface area contributed by atoms with E-state index in [-0.39, 0.29) is 30.4 Å². The van der Waals surface area contributed by atoms with Gasteiger partial charge in [-0.15, -0.1) is 0 Å². The predicted octanol–water partition coefficient (Wildman–Crippen LogP) is 2.70. The molecule has 146 valence electrons. The van der Waals surface area contributed by atoms with Gasteiger partial charge in [-0.25, -0.2) is 9.78 Å². The number of rotatable bonds is 7. The average molecular weight is 419 g/mol. The van der Waals surface area contributed by atoms with Crippen LogP contribution in [0.4, 0.5) is 10.7 Å². The van der Waals surface area contributed by atoms with Gasteiger partial charge >= 0.3 is 5.30 Å². The highest BCUT2D eigenvalue weighted by Crippen LogP contribution is 2.24. The fourth-order valence-electron chi connectivity index (χ4n) is 2.23. The number of carbonyl (C=O) groups excluding carboxylic acids is 2. The Labute approximate surface area is 167 Å². The minimum absolute atomic E-state index is 0.0611. The number of aromatic nitrogens is 4. The Balaban J connectivity index is 1.39. The van der Waals surface area contributed by atoms with Crippen molar-refractivity contribution in [1.82, 2.24) is 19.5 Å². The number of aryl methyl sites for hydroxylation is 1. The Bertz CT molecular complexity index is 1030. The molecule has 0 saturated heterocycles. The molecule has 0 saturated carbocycles. The van der Waals surface area contributed by atoms with Gasteiger partial charge in [0.05, 0.1) is 6.33 Å². The third-order valence-corrected chi connectivity index (χ3v) is 5.57. The van der Waals surface area contributed by atoms with Crippen molar-refractivity contribution in [3.8, 4) is 0 Å². The zero-order valence-corrected chi connectivity index (χ0v) is 16.5. The van der Waals surface area contributed by atoms with Crippen molar-refractivity contribution in [3.05, 3.63) is 52.6 Å². The lowest BCUT2D eigenvalue weighted by Gasteiger charge is -2.05. The first-order chi connectivity index (χ1) is 13.5. The van der Waals surface area contributed by atoms with E-state index in [0.717, 1.165) is 16.4 Å². The fraction of sp³-hybridized carbons (Fsp3) is 0.235. The molecule has 0 unspecified atom stereocenters. The van der Waals surface area contributed by atoms with Crippen LogP contribution in [0.3, 0.4) is 0 Å². The van der Waals surface area contributed by atoms with Crippen LogP contribution in [0.25, 0.3) is 11.2 Å². The summed E-state index contributed by atoms with van der Waals surface area (Å²) in [4.78, 5) is 46.2. The Morgan fingerprint density at radius 2 is 2.07 bits per heavy atom. The number of carbonyl (C=O) groups is 2. The number of aromatic amines is 1. The van der Waals surface area contributed by atoms with Crippen molar-refractivity contribution >= 4 is 49.9 Å². The average Bonchev–Trinajstić information content (AvgIpc) is 3.06. The summed E-state index contributed by atoms with van der Waals surface area (Å²) in [6, 6.07) is 9.38. The van der Waals surface area contributed by atoms with E-state index in [0.29, 0.717) is 11.4 Å². The number of nitrogens with one attached hydrogen (secondary N) is 2. The van der Waals surface area contributed by atoms with E-state index in [2.05, 4.69) is 20.3 Å². The maximum atomic E-state index is 12.0. The van der Waals surface area contributed by atoms with Crippen LogP contribution in [0.2, 0.25) is 0 Å². The molecular weight excluding hydrogens is 402 g/mol. The minimum atomic E-state index is -0.424. The SMILES string of the molecule is Cn1cnc2c(=O)[nH]c(NC(=O)CCSSC(=O)OCc3ccccc3)nc21. The summed E-state index contributed by atoms with van der Waals surface area (Å²) in [6.07, 6.45) is 1.63. The quantitative estimate of drug-likeness (QED) is 0.341. The van der Waals surface area contributed by atoms with Gasteiger partial charge in [-0.1, -0.05) is 41.1 Å². The van der Waals surface area contributed by atoms with Gasteiger partial charge in [0.15, 0.2) is 11.2 Å². The van der Waals surface area contributed by atoms with Crippen molar-refractivity contribution in [2.75, 3.05) is 11.1 Å². The molecule has 1 amide bonds. The smallest absolute Gasteiger partial charge is 0.378 e. The third-order valence-electron chi connectivity index (χ3n) is 3.57. The lowest BCUT2D eigenvalue weighted by atomic mass is 10.2. The van der Waals surface area contributed by atoms with Gasteiger partial charge in [0.2, 0.25) is 11.9 Å². The first-order valence-corrected chi connectivity index (χ1v) is 10.6. The minimum Gasteiger partial charge on any atom is -0.452 e. The summed E-state index contributed by atoms with van der Waals surface area (Å²) in [5.74, 6) is 0.135. The Hall–Kier alpha value is -2.79. The lowest BCUT2D eigenvalue weighted by Crippen LogP contribution is -2.19. The normalized spacial score (nSPS) is 10.8. The Morgan fingerprint density at radius 3 is 2.86 bits per heavy atom. The molecule has 1 aromatic carbocycles. The van der Waals surface area contributed by atoms with E-state index in [9.17, 15) is 14.4 Å². The van der Waals surface area contributed by atoms with E-state index in [1.165, 1.54) is 17.1 Å². The van der Waals surface area contributed by atoms with E-state index >= 15 is 0 Å². The van der Waals surface area contributed by atoms with Crippen molar-refractivity contribution < 1.29 is 14.3 Å². The molecule has 0 fully saturated rings. The number of hydrogen-bond acceptors (Lipinski definition) is 8. The number of benzene rings is 1. The zero-order chi connectivity index (χ0) is 19.9. The van der Waals surface area contributed by atoms with Crippen LogP contribution in [-0.4, -0.2) is 36.5 Å². The molecule has 11 heteroatoms. The van der Waals surface area contributed by atoms with Crippen molar-refractivity contribution in [2.24, 2.45) is 7.05 Å². The first-order valence-electron chi connectivity index (χ1n) is 8.24. The van der Waals surface area contributed by atoms with Gasteiger partial charge in [-0.05, 0) is 5.56 Å². The second kappa shape index (κ2) is 9.42. The van der Waals surface area contributed by atoms with E-state index in [1.54, 1.807) is 11.6 Å². The van der Waals surface area contributed by atoms with E-state index in [1.807, 2.05) is 30.3 Å². The van der Waals surface area contributed by atoms with Gasteiger partial charge in [0, 0.05) is 30.0 Å². The van der Waals surface area contributed by atoms with Crippen LogP contribution in [0, 0.1) is 0 Å². The monoisotopic (exact) mass is 419 g/mol. The predicted molar refractivity (Wildman–Crippen MR) is 109 cm³/mol. The molecule has 2 aromatic heterocycles. The highest BCUT2D eigenvalue weighted by atomic mass is 33.1. The molecule has 0 bridgehead atoms. The molecule has 0 radical (unpaired) electrons. The highest BCUT2D eigenvalue weighted by Gasteiger charge is 2.11. The molecular formula is C17H17N5O4S2. The van der Waals surface area contributed by atoms with Crippen molar-refractivity contribution in [3.63, 3.8) is 0 Å². The number of anilines is 1. The number of hydrogen-bond donors (Lipinski definition) is 2. The lowest BCUT2D eigenvalue weighted by molar-refractivity contribution is -0.115. The number of nitrogens with zero attached hydrogens (tertiary/aromatic N) is 3. The molecule has 0 aliphatic rings. The zero-order valence-electron chi connectivity index (χ0n) is 14.9. The molecule has 0 atom stereocenters. The van der Waals surface area contributed by atoms with Crippen LogP contribution in [0.15, 0.2) is 41.5 Å². The maximum absolute atomic E-state index is 12.0. The van der Waals surface area contributed by atoms with Gasteiger partial charge < -0.3 is 9.30 Å². The Morgan fingerprint density at radius 1 is 1.29 bits per heavy atom. The van der Waals surface area contributed by atoms with Crippen molar-refractivity contribution in [1.29, 1.82) is 0 Å². The number of ether oxygens (including phenoxy) is 1. The molecule has 0 aliphatic carbocycles. The summed E-state index contributed by atoms with van der Waals surface area (Å²) in [6.45, 7) is 0.212. The third kappa shape index (κ3) is 5.36. The second-order valence-electron chi connectivity index (χ2n) is 5.67. The summed E-state index contributed by atoms with van der Waals surface area (Å²) < 4.78 is 6.72. The van der Waals surface area contributed by atoms with E-state index < -0.39 is 10.9 Å². The second-order valence-corrected chi connectivity index (χ2v) is 8.02. The van der Waals surface area contributed by atoms with Gasteiger partial charge in [-0.2, -0.15) is 4.98 Å². The summed E-state index contributed by atoms with van der Waals surface area (Å²) in [5.41, 5.74) is 1.08. The standard InChI is InChI=1S/C17H17N5O4S2/c1-22-10-18-13-14(22)20-16(21-15(13)24)19-12(23)7-8-27-28-17(25)26-9-11-5-3-2-4-6-11/h2-6,10H,7-9H2,1H3,(H2,19,20,21,23,24). The van der Waals surface area contributed by atoms with Crippen LogP contribution in [0.5, 0.6) is 0 Å². The largest absolute Gasteiger partial charge is 0.452 e. The number of amides is 1. The van der Waals surface area contributed by atoms with Gasteiger partial charge in [-0.3, -0.25) is 19.9 Å². The fourth-order valence-corrected chi connectivity index (χ4v) is 3.72. The number of fused-ring (bicyclic) bond motifs is 1. The van der Waals surface area contributed by atoms with Crippen LogP contribution < -0.4 is 10.9 Å². The molecule has 9 nitrogen and oxygen atoms in total. The van der Waals surface area contributed by atoms with E-state index in [4.69, 9.17) is 4.74 Å². The molecule has 0 aliphatic heterocycles. The summed E-state index contributed by atoms with van der Waals surface area (Å²) in [7, 11) is 3.87. The topological polar surface area (TPSA) is 119 Å². The Kier molecular flexibility index (Phi) is 6.71. The highest BCUT2D eigenvalue weighted by molar-refractivity contribution is 8.82. The number of imidazole rings is 1. The maximum Gasteiger partial charge on any atom is 0.378 e. The van der Waals surface area contributed by atoms with Crippen molar-refractivity contribution in [2.45, 2.75) is 13.0 Å². The molecule has 3 rings (SSSR count). The molecule has 28 heavy (non-hydrogen) atoms. The molecule has 2 N–H and O–H groups in total. The summed E-state index contributed by atoms with van der Waals surface area (Å²) in [5, 5.41) is 2.13. The number of H-pyrrole nitrogens is 1. The van der Waals surface area contributed by atoms with Crippen LogP contribution in [0.1, 0.15) is 12.0 Å². The molecule has 0 spiro atoms. The van der Waals surface area contributed by atoms with Gasteiger partial charge in [0.1, 0.15) is 6.61 Å². The van der Waals surface area contributed by atoms with Gasteiger partial charge in [0.25, 0.3) is 5.56 Å².